The third-order valence-corrected chi connectivity index (χ3v) is 9.04. The van der Waals surface area contributed by atoms with Gasteiger partial charge < -0.3 is 4.74 Å². The molecule has 0 aliphatic heterocycles. The molecule has 0 bridgehead atoms. The highest BCUT2D eigenvalue weighted by Gasteiger charge is 2.38. The van der Waals surface area contributed by atoms with Gasteiger partial charge in [0, 0.05) is 0 Å². The number of fused-ring (bicyclic) bond motifs is 1. The number of anilines is 1. The maximum atomic E-state index is 12.8. The highest BCUT2D eigenvalue weighted by molar-refractivity contribution is 7.10. The Morgan fingerprint density at radius 3 is 2.35 bits per heavy atom. The molecule has 2 aliphatic carbocycles. The van der Waals surface area contributed by atoms with Crippen LogP contribution in [0.25, 0.3) is 21.6 Å². The number of carbonyl (C=O) groups is 1. The molecule has 2 aliphatic rings. The van der Waals surface area contributed by atoms with Gasteiger partial charge in [-0.15, -0.1) is 0 Å². The highest BCUT2D eigenvalue weighted by Crippen LogP contribution is 2.48. The fourth-order valence-electron chi connectivity index (χ4n) is 5.50. The van der Waals surface area contributed by atoms with Gasteiger partial charge in [-0.25, -0.2) is 4.79 Å². The minimum Gasteiger partial charge on any atom is -0.441 e. The summed E-state index contributed by atoms with van der Waals surface area (Å²) in [5.41, 5.74) is 11.0. The number of carbonyl (C=O) groups excluding carboxylic acids is 1. The minimum atomic E-state index is -0.460. The second-order valence-electron chi connectivity index (χ2n) is 10.7. The molecule has 1 atom stereocenters. The number of ether oxygens (including phenoxy) is 1. The van der Waals surface area contributed by atoms with Gasteiger partial charge in [0.15, 0.2) is 0 Å². The van der Waals surface area contributed by atoms with Gasteiger partial charge in [-0.05, 0) is 102 Å². The molecule has 1 fully saturated rings. The Morgan fingerprint density at radius 2 is 1.65 bits per heavy atom. The highest BCUT2D eigenvalue weighted by atomic mass is 32.1. The molecular weight excluding hydrogens is 476 g/mol. The van der Waals surface area contributed by atoms with Crippen molar-refractivity contribution in [2.45, 2.75) is 64.4 Å². The summed E-state index contributed by atoms with van der Waals surface area (Å²) in [5, 5.41) is 3.01. The quantitative estimate of drug-likeness (QED) is 0.284. The van der Waals surface area contributed by atoms with Crippen molar-refractivity contribution < 1.29 is 9.53 Å². The molecule has 1 saturated carbocycles. The molecule has 3 aromatic carbocycles. The van der Waals surface area contributed by atoms with E-state index in [4.69, 9.17) is 4.74 Å². The smallest absolute Gasteiger partial charge is 0.412 e. The molecule has 4 nitrogen and oxygen atoms in total. The summed E-state index contributed by atoms with van der Waals surface area (Å²) < 4.78 is 10.3. The fraction of sp³-hybridized carbons (Fsp3) is 0.312. The van der Waals surface area contributed by atoms with Crippen LogP contribution in [0, 0.1) is 6.92 Å². The lowest BCUT2D eigenvalue weighted by Gasteiger charge is -2.17. The van der Waals surface area contributed by atoms with Crippen molar-refractivity contribution in [3.05, 3.63) is 94.7 Å². The predicted octanol–water partition coefficient (Wildman–Crippen LogP) is 8.64. The summed E-state index contributed by atoms with van der Waals surface area (Å²) in [6.07, 6.45) is 5.05. The Kier molecular flexibility index (Phi) is 6.12. The standard InChI is InChI=1S/C32H32N2O2S/c1-20-29(33-31(35)36-21(2)22-8-5-4-6-9-22)30(37-34-20)28-17-16-25(26-10-7-11-27(26)28)23-12-14-24(15-13-23)32(3)18-19-32/h4-6,8-9,12-17,21H,7,10-11,18-19H2,1-3H3,(H,33,35)/t21-/m1/s1. The molecule has 0 saturated heterocycles. The number of benzene rings is 3. The maximum absolute atomic E-state index is 12.8. The Hall–Kier alpha value is -3.44. The topological polar surface area (TPSA) is 51.2 Å². The molecule has 0 unspecified atom stereocenters. The molecule has 0 spiro atoms. The third kappa shape index (κ3) is 4.57. The van der Waals surface area contributed by atoms with Gasteiger partial charge >= 0.3 is 6.09 Å². The van der Waals surface area contributed by atoms with Crippen molar-refractivity contribution in [2.75, 3.05) is 5.32 Å². The van der Waals surface area contributed by atoms with Gasteiger partial charge in [0.05, 0.1) is 16.3 Å². The van der Waals surface area contributed by atoms with Crippen LogP contribution in [0.2, 0.25) is 0 Å². The Morgan fingerprint density at radius 1 is 0.973 bits per heavy atom. The van der Waals surface area contributed by atoms with Crippen molar-refractivity contribution in [1.29, 1.82) is 0 Å². The maximum Gasteiger partial charge on any atom is 0.412 e. The summed E-state index contributed by atoms with van der Waals surface area (Å²) in [6.45, 7) is 6.18. The summed E-state index contributed by atoms with van der Waals surface area (Å²) in [5.74, 6) is 0. The van der Waals surface area contributed by atoms with E-state index in [0.29, 0.717) is 5.41 Å². The molecular formula is C32H32N2O2S. The lowest BCUT2D eigenvalue weighted by atomic mass is 9.90. The SMILES string of the molecule is Cc1nsc(-c2ccc(-c3ccc(C4(C)CC4)cc3)c3c2CCC3)c1NC(=O)O[C@H](C)c1ccccc1. The van der Waals surface area contributed by atoms with Crippen LogP contribution in [0.5, 0.6) is 0 Å². The number of aromatic nitrogens is 1. The van der Waals surface area contributed by atoms with Gasteiger partial charge in [-0.2, -0.15) is 4.37 Å². The Labute approximate surface area is 222 Å². The first-order valence-corrected chi connectivity index (χ1v) is 14.0. The molecule has 1 N–H and O–H groups in total. The lowest BCUT2D eigenvalue weighted by molar-refractivity contribution is 0.121. The van der Waals surface area contributed by atoms with Crippen molar-refractivity contribution >= 4 is 23.3 Å². The van der Waals surface area contributed by atoms with Gasteiger partial charge in [0.2, 0.25) is 0 Å². The zero-order valence-electron chi connectivity index (χ0n) is 21.6. The van der Waals surface area contributed by atoms with Crippen LogP contribution in [0.1, 0.15) is 67.2 Å². The molecule has 1 amide bonds. The van der Waals surface area contributed by atoms with Gasteiger partial charge in [-0.1, -0.05) is 73.7 Å². The molecule has 5 heteroatoms. The molecule has 37 heavy (non-hydrogen) atoms. The second kappa shape index (κ2) is 9.46. The predicted molar refractivity (Wildman–Crippen MR) is 151 cm³/mol. The molecule has 1 aromatic heterocycles. The van der Waals surface area contributed by atoms with E-state index in [2.05, 4.69) is 53.0 Å². The number of hydrogen-bond donors (Lipinski definition) is 1. The zero-order chi connectivity index (χ0) is 25.6. The van der Waals surface area contributed by atoms with Gasteiger partial charge in [0.25, 0.3) is 0 Å². The first kappa shape index (κ1) is 23.9. The molecule has 6 rings (SSSR count). The van der Waals surface area contributed by atoms with Crippen LogP contribution in [-0.4, -0.2) is 10.5 Å². The van der Waals surface area contributed by atoms with Crippen LogP contribution < -0.4 is 5.32 Å². The largest absolute Gasteiger partial charge is 0.441 e. The number of nitrogens with one attached hydrogen (secondary N) is 1. The monoisotopic (exact) mass is 508 g/mol. The van der Waals surface area contributed by atoms with E-state index in [9.17, 15) is 4.79 Å². The number of aryl methyl sites for hydroxylation is 1. The Bertz CT molecular complexity index is 1450. The van der Waals surface area contributed by atoms with Gasteiger partial charge in [0.1, 0.15) is 6.10 Å². The van der Waals surface area contributed by atoms with Crippen molar-refractivity contribution in [3.8, 4) is 21.6 Å². The van der Waals surface area contributed by atoms with E-state index >= 15 is 0 Å². The van der Waals surface area contributed by atoms with Crippen LogP contribution in [0.4, 0.5) is 10.5 Å². The fourth-order valence-corrected chi connectivity index (χ4v) is 6.40. The molecule has 0 radical (unpaired) electrons. The van der Waals surface area contributed by atoms with Crippen molar-refractivity contribution in [2.24, 2.45) is 0 Å². The number of nitrogens with zero attached hydrogens (tertiary/aromatic N) is 1. The van der Waals surface area contributed by atoms with E-state index in [-0.39, 0.29) is 6.10 Å². The number of hydrogen-bond acceptors (Lipinski definition) is 4. The first-order valence-electron chi connectivity index (χ1n) is 13.2. The van der Waals surface area contributed by atoms with E-state index in [0.717, 1.165) is 41.1 Å². The number of rotatable bonds is 6. The van der Waals surface area contributed by atoms with E-state index in [1.165, 1.54) is 57.8 Å². The van der Waals surface area contributed by atoms with Crippen LogP contribution >= 0.6 is 11.5 Å². The van der Waals surface area contributed by atoms with E-state index < -0.39 is 6.09 Å². The molecule has 1 heterocycles. The summed E-state index contributed by atoms with van der Waals surface area (Å²) in [4.78, 5) is 13.9. The van der Waals surface area contributed by atoms with E-state index in [1.54, 1.807) is 0 Å². The van der Waals surface area contributed by atoms with Gasteiger partial charge in [-0.3, -0.25) is 5.32 Å². The molecule has 188 valence electrons. The second-order valence-corrected chi connectivity index (χ2v) is 11.4. The minimum absolute atomic E-state index is 0.339. The van der Waals surface area contributed by atoms with Crippen LogP contribution in [0.3, 0.4) is 0 Å². The van der Waals surface area contributed by atoms with Crippen LogP contribution in [-0.2, 0) is 23.0 Å². The summed E-state index contributed by atoms with van der Waals surface area (Å²) in [7, 11) is 0. The average molecular weight is 509 g/mol. The molecule has 4 aromatic rings. The van der Waals surface area contributed by atoms with Crippen molar-refractivity contribution in [3.63, 3.8) is 0 Å². The van der Waals surface area contributed by atoms with Crippen LogP contribution in [0.15, 0.2) is 66.7 Å². The summed E-state index contributed by atoms with van der Waals surface area (Å²) in [6, 6.07) is 23.5. The Balaban J connectivity index is 1.28. The summed E-state index contributed by atoms with van der Waals surface area (Å²) >= 11 is 1.45. The van der Waals surface area contributed by atoms with Crippen molar-refractivity contribution in [1.82, 2.24) is 4.37 Å². The number of amides is 1. The zero-order valence-corrected chi connectivity index (χ0v) is 22.5. The third-order valence-electron chi connectivity index (χ3n) is 8.06. The first-order chi connectivity index (χ1) is 17.9. The lowest BCUT2D eigenvalue weighted by Crippen LogP contribution is -2.16. The normalized spacial score (nSPS) is 16.2. The average Bonchev–Trinajstić information content (AvgIpc) is 3.31. The van der Waals surface area contributed by atoms with E-state index in [1.807, 2.05) is 44.2 Å².